The lowest BCUT2D eigenvalue weighted by molar-refractivity contribution is -0.118. The van der Waals surface area contributed by atoms with Crippen LogP contribution in [0.3, 0.4) is 0 Å². The summed E-state index contributed by atoms with van der Waals surface area (Å²) < 4.78 is 1.09. The summed E-state index contributed by atoms with van der Waals surface area (Å²) in [5.74, 6) is 0.219. The molecule has 0 aliphatic rings. The largest absolute Gasteiger partial charge is 0.272 e. The van der Waals surface area contributed by atoms with E-state index in [1.165, 1.54) is 17.1 Å². The number of hydrazone groups is 1. The lowest BCUT2D eigenvalue weighted by Gasteiger charge is -2.08. The second-order valence-electron chi connectivity index (χ2n) is 6.45. The third kappa shape index (κ3) is 4.99. The molecule has 0 aliphatic carbocycles. The highest BCUT2D eigenvalue weighted by Gasteiger charge is 2.07. The Balaban J connectivity index is 1.62. The van der Waals surface area contributed by atoms with E-state index in [9.17, 15) is 4.79 Å². The van der Waals surface area contributed by atoms with Gasteiger partial charge >= 0.3 is 0 Å². The van der Waals surface area contributed by atoms with Crippen LogP contribution in [0.5, 0.6) is 0 Å². The molecule has 0 radical (unpaired) electrons. The highest BCUT2D eigenvalue weighted by atomic mass is 79.9. The van der Waals surface area contributed by atoms with Crippen LogP contribution in [0.15, 0.2) is 69.1 Å². The van der Waals surface area contributed by atoms with Gasteiger partial charge in [-0.2, -0.15) is 5.10 Å². The van der Waals surface area contributed by atoms with Crippen molar-refractivity contribution >= 4 is 50.1 Å². The third-order valence-electron chi connectivity index (χ3n) is 4.33. The number of nitrogens with one attached hydrogen (secondary N) is 1. The van der Waals surface area contributed by atoms with Crippen molar-refractivity contribution in [3.05, 3.63) is 75.8 Å². The molecule has 0 spiro atoms. The van der Waals surface area contributed by atoms with Crippen LogP contribution in [0, 0.1) is 13.8 Å². The number of benzene rings is 3. The topological polar surface area (TPSA) is 41.5 Å². The minimum atomic E-state index is -0.111. The fourth-order valence-corrected chi connectivity index (χ4v) is 4.07. The van der Waals surface area contributed by atoms with Gasteiger partial charge in [0.05, 0.1) is 11.5 Å². The van der Waals surface area contributed by atoms with Gasteiger partial charge in [-0.15, -0.1) is 11.8 Å². The van der Waals surface area contributed by atoms with E-state index in [4.69, 9.17) is 0 Å². The third-order valence-corrected chi connectivity index (χ3v) is 6.34. The van der Waals surface area contributed by atoms with Gasteiger partial charge < -0.3 is 0 Å². The molecule has 138 valence electrons. The van der Waals surface area contributed by atoms with Gasteiger partial charge in [0.1, 0.15) is 0 Å². The average molecular weight is 441 g/mol. The maximum atomic E-state index is 12.2. The molecule has 0 unspecified atom stereocenters. The van der Waals surface area contributed by atoms with Crippen molar-refractivity contribution in [1.29, 1.82) is 0 Å². The van der Waals surface area contributed by atoms with E-state index >= 15 is 0 Å². The molecule has 1 N–H and O–H groups in total. The summed E-state index contributed by atoms with van der Waals surface area (Å²) in [5.41, 5.74) is 6.77. The van der Waals surface area contributed by atoms with Gasteiger partial charge in [-0.1, -0.05) is 52.3 Å². The first-order valence-electron chi connectivity index (χ1n) is 8.66. The Hall–Kier alpha value is -2.11. The van der Waals surface area contributed by atoms with Gasteiger partial charge in [-0.3, -0.25) is 4.79 Å². The predicted molar refractivity (Wildman–Crippen MR) is 119 cm³/mol. The van der Waals surface area contributed by atoms with Crippen LogP contribution in [-0.2, 0) is 4.79 Å². The molecule has 3 aromatic rings. The summed E-state index contributed by atoms with van der Waals surface area (Å²) in [4.78, 5) is 13.3. The number of carbonyl (C=O) groups excluding carboxylic acids is 1. The predicted octanol–water partition coefficient (Wildman–Crippen LogP) is 5.85. The first-order valence-corrected chi connectivity index (χ1v) is 10.4. The lowest BCUT2D eigenvalue weighted by atomic mass is 10.0. The molecule has 0 aromatic heterocycles. The molecular formula is C22H21BrN2OS. The SMILES string of the molecule is CC(=NNC(=O)CSc1cc(C)c(Br)cc1C)c1ccc2ccccc2c1. The van der Waals surface area contributed by atoms with Gasteiger partial charge in [-0.05, 0) is 66.4 Å². The molecular weight excluding hydrogens is 420 g/mol. The van der Waals surface area contributed by atoms with Crippen molar-refractivity contribution in [3.8, 4) is 0 Å². The fraction of sp³-hybridized carbons (Fsp3) is 0.182. The molecule has 0 saturated carbocycles. The van der Waals surface area contributed by atoms with Crippen LogP contribution < -0.4 is 5.43 Å². The van der Waals surface area contributed by atoms with Gasteiger partial charge in [0.15, 0.2) is 0 Å². The molecule has 5 heteroatoms. The number of halogens is 1. The molecule has 0 atom stereocenters. The maximum absolute atomic E-state index is 12.2. The summed E-state index contributed by atoms with van der Waals surface area (Å²) in [6.07, 6.45) is 0. The molecule has 0 bridgehead atoms. The van der Waals surface area contributed by atoms with E-state index < -0.39 is 0 Å². The van der Waals surface area contributed by atoms with E-state index in [0.717, 1.165) is 37.2 Å². The standard InChI is InChI=1S/C22H21BrN2OS/c1-14-11-21(15(2)10-20(14)23)27-13-22(26)25-24-16(3)18-9-8-17-6-4-5-7-19(17)12-18/h4-12H,13H2,1-3H3,(H,25,26). The Labute approximate surface area is 172 Å². The Morgan fingerprint density at radius 2 is 1.78 bits per heavy atom. The number of aryl methyl sites for hydroxylation is 2. The summed E-state index contributed by atoms with van der Waals surface area (Å²) in [6.45, 7) is 6.00. The van der Waals surface area contributed by atoms with Gasteiger partial charge in [0, 0.05) is 9.37 Å². The number of nitrogens with zero attached hydrogens (tertiary/aromatic N) is 1. The van der Waals surface area contributed by atoms with E-state index in [0.29, 0.717) is 5.75 Å². The number of carbonyl (C=O) groups is 1. The minimum Gasteiger partial charge on any atom is -0.272 e. The van der Waals surface area contributed by atoms with Crippen molar-refractivity contribution in [3.63, 3.8) is 0 Å². The van der Waals surface area contributed by atoms with E-state index in [-0.39, 0.29) is 5.91 Å². The molecule has 0 fully saturated rings. The van der Waals surface area contributed by atoms with Crippen LogP contribution in [0.4, 0.5) is 0 Å². The molecule has 0 saturated heterocycles. The van der Waals surface area contributed by atoms with Crippen molar-refractivity contribution in [2.45, 2.75) is 25.7 Å². The molecule has 1 amide bonds. The first-order chi connectivity index (χ1) is 12.9. The summed E-state index contributed by atoms with van der Waals surface area (Å²) in [6, 6.07) is 18.6. The number of hydrogen-bond acceptors (Lipinski definition) is 3. The highest BCUT2D eigenvalue weighted by molar-refractivity contribution is 9.10. The number of hydrogen-bond donors (Lipinski definition) is 1. The zero-order valence-electron chi connectivity index (χ0n) is 15.5. The summed E-state index contributed by atoms with van der Waals surface area (Å²) >= 11 is 5.06. The van der Waals surface area contributed by atoms with Crippen LogP contribution in [-0.4, -0.2) is 17.4 Å². The number of thioether (sulfide) groups is 1. The van der Waals surface area contributed by atoms with Crippen molar-refractivity contribution in [2.75, 3.05) is 5.75 Å². The van der Waals surface area contributed by atoms with Crippen LogP contribution in [0.1, 0.15) is 23.6 Å². The van der Waals surface area contributed by atoms with Crippen molar-refractivity contribution in [1.82, 2.24) is 5.43 Å². The number of rotatable bonds is 5. The number of amides is 1. The van der Waals surface area contributed by atoms with Gasteiger partial charge in [0.25, 0.3) is 0 Å². The normalized spacial score (nSPS) is 11.6. The molecule has 3 rings (SSSR count). The van der Waals surface area contributed by atoms with Gasteiger partial charge in [-0.25, -0.2) is 5.43 Å². The quantitative estimate of drug-likeness (QED) is 0.307. The Bertz CT molecular complexity index is 1030. The fourth-order valence-electron chi connectivity index (χ4n) is 2.71. The van der Waals surface area contributed by atoms with Gasteiger partial charge in [0.2, 0.25) is 5.91 Å². The Morgan fingerprint density at radius 3 is 2.56 bits per heavy atom. The minimum absolute atomic E-state index is 0.111. The van der Waals surface area contributed by atoms with Crippen LogP contribution >= 0.6 is 27.7 Å². The smallest absolute Gasteiger partial charge is 0.250 e. The van der Waals surface area contributed by atoms with E-state index in [2.05, 4.69) is 62.9 Å². The average Bonchev–Trinajstić information content (AvgIpc) is 2.67. The van der Waals surface area contributed by atoms with Crippen molar-refractivity contribution < 1.29 is 4.79 Å². The zero-order valence-corrected chi connectivity index (χ0v) is 17.9. The monoisotopic (exact) mass is 440 g/mol. The second kappa shape index (κ2) is 8.72. The van der Waals surface area contributed by atoms with Crippen LogP contribution in [0.25, 0.3) is 10.8 Å². The Kier molecular flexibility index (Phi) is 6.34. The first kappa shape index (κ1) is 19.6. The Morgan fingerprint density at radius 1 is 1.04 bits per heavy atom. The zero-order chi connectivity index (χ0) is 19.4. The molecule has 0 heterocycles. The van der Waals surface area contributed by atoms with Crippen molar-refractivity contribution in [2.24, 2.45) is 5.10 Å². The summed E-state index contributed by atoms with van der Waals surface area (Å²) in [7, 11) is 0. The van der Waals surface area contributed by atoms with E-state index in [1.54, 1.807) is 0 Å². The lowest BCUT2D eigenvalue weighted by Crippen LogP contribution is -2.21. The molecule has 27 heavy (non-hydrogen) atoms. The van der Waals surface area contributed by atoms with Crippen LogP contribution in [0.2, 0.25) is 0 Å². The molecule has 0 aliphatic heterocycles. The van der Waals surface area contributed by atoms with E-state index in [1.807, 2.05) is 39.0 Å². The maximum Gasteiger partial charge on any atom is 0.250 e. The second-order valence-corrected chi connectivity index (χ2v) is 8.32. The molecule has 3 aromatic carbocycles. The molecule has 3 nitrogen and oxygen atoms in total. The summed E-state index contributed by atoms with van der Waals surface area (Å²) in [5, 5.41) is 6.61. The highest BCUT2D eigenvalue weighted by Crippen LogP contribution is 2.28. The number of fused-ring (bicyclic) bond motifs is 1.